The zero-order chi connectivity index (χ0) is 23.6. The van der Waals surface area contributed by atoms with Gasteiger partial charge in [-0.15, -0.1) is 0 Å². The molecule has 4 aliphatic carbocycles. The number of hydrogen-bond donors (Lipinski definition) is 0. The van der Waals surface area contributed by atoms with Crippen molar-refractivity contribution in [3.05, 3.63) is 40.5 Å². The summed E-state index contributed by atoms with van der Waals surface area (Å²) in [4.78, 5) is 18.6. The SMILES string of the molecule is CC(F)(F)c1nc(C23CCC(CN(C(=O)C4CC4(F)F)c4cccc(Br)c4)(CC2)CC3)no1. The van der Waals surface area contributed by atoms with E-state index in [0.717, 1.165) is 30.7 Å². The first kappa shape index (κ1) is 22.8. The van der Waals surface area contributed by atoms with Crippen molar-refractivity contribution >= 4 is 27.5 Å². The molecule has 10 heteroatoms. The normalized spacial score (nSPS) is 30.3. The quantitative estimate of drug-likeness (QED) is 0.416. The molecule has 6 rings (SSSR count). The maximum absolute atomic E-state index is 13.8. The fraction of sp³-hybridized carbons (Fsp3) is 0.609. The zero-order valence-electron chi connectivity index (χ0n) is 18.1. The van der Waals surface area contributed by atoms with Crippen LogP contribution in [0, 0.1) is 11.3 Å². The highest BCUT2D eigenvalue weighted by Gasteiger charge is 2.63. The molecule has 178 valence electrons. The Bertz CT molecular complexity index is 1060. The molecule has 1 aromatic heterocycles. The number of amides is 1. The summed E-state index contributed by atoms with van der Waals surface area (Å²) >= 11 is 3.40. The predicted octanol–water partition coefficient (Wildman–Crippen LogP) is 6.22. The number of rotatable bonds is 6. The number of benzene rings is 1. The van der Waals surface area contributed by atoms with Crippen LogP contribution in [-0.4, -0.2) is 28.5 Å². The van der Waals surface area contributed by atoms with Crippen LogP contribution in [0.4, 0.5) is 23.2 Å². The van der Waals surface area contributed by atoms with Crippen LogP contribution in [0.5, 0.6) is 0 Å². The molecule has 4 aliphatic rings. The fourth-order valence-electron chi connectivity index (χ4n) is 5.40. The first-order valence-electron chi connectivity index (χ1n) is 11.1. The Kier molecular flexibility index (Phi) is 5.19. The Hall–Kier alpha value is -1.97. The smallest absolute Gasteiger partial charge is 0.322 e. The van der Waals surface area contributed by atoms with Gasteiger partial charge in [0.2, 0.25) is 5.91 Å². The minimum atomic E-state index is -3.19. The molecule has 2 bridgehead atoms. The Balaban J connectivity index is 1.36. The zero-order valence-corrected chi connectivity index (χ0v) is 19.7. The van der Waals surface area contributed by atoms with Crippen LogP contribution in [0.1, 0.15) is 63.6 Å². The van der Waals surface area contributed by atoms with Gasteiger partial charge in [0.15, 0.2) is 5.82 Å². The first-order chi connectivity index (χ1) is 15.4. The number of anilines is 1. The van der Waals surface area contributed by atoms with Gasteiger partial charge in [-0.25, -0.2) is 8.78 Å². The molecule has 1 atom stereocenters. The number of halogens is 5. The van der Waals surface area contributed by atoms with E-state index in [0.29, 0.717) is 37.3 Å². The second-order valence-corrected chi connectivity index (χ2v) is 10.9. The molecular formula is C23H24BrF4N3O2. The van der Waals surface area contributed by atoms with Gasteiger partial charge in [-0.05, 0) is 62.1 Å². The third-order valence-electron chi connectivity index (χ3n) is 7.68. The minimum absolute atomic E-state index is 0.217. The predicted molar refractivity (Wildman–Crippen MR) is 115 cm³/mol. The van der Waals surface area contributed by atoms with Gasteiger partial charge in [0.05, 0.1) is 0 Å². The summed E-state index contributed by atoms with van der Waals surface area (Å²) in [5, 5.41) is 3.87. The van der Waals surface area contributed by atoms with Crippen LogP contribution in [0.3, 0.4) is 0 Å². The molecule has 5 nitrogen and oxygen atoms in total. The van der Waals surface area contributed by atoms with Gasteiger partial charge in [-0.3, -0.25) is 4.79 Å². The Morgan fingerprint density at radius 2 is 1.85 bits per heavy atom. The molecular weight excluding hydrogens is 506 g/mol. The number of nitrogens with zero attached hydrogens (tertiary/aromatic N) is 3. The lowest BCUT2D eigenvalue weighted by atomic mass is 9.53. The van der Waals surface area contributed by atoms with E-state index in [9.17, 15) is 22.4 Å². The van der Waals surface area contributed by atoms with E-state index in [1.165, 1.54) is 4.90 Å². The lowest BCUT2D eigenvalue weighted by molar-refractivity contribution is -0.122. The highest BCUT2D eigenvalue weighted by atomic mass is 79.9. The molecule has 4 fully saturated rings. The molecule has 1 heterocycles. The number of alkyl halides is 4. The van der Waals surface area contributed by atoms with Crippen molar-refractivity contribution in [3.63, 3.8) is 0 Å². The van der Waals surface area contributed by atoms with Crippen molar-refractivity contribution in [3.8, 4) is 0 Å². The number of fused-ring (bicyclic) bond motifs is 3. The molecule has 0 spiro atoms. The third-order valence-corrected chi connectivity index (χ3v) is 8.17. The van der Waals surface area contributed by atoms with Gasteiger partial charge in [-0.1, -0.05) is 27.2 Å². The van der Waals surface area contributed by atoms with E-state index in [2.05, 4.69) is 26.1 Å². The Labute approximate surface area is 197 Å². The molecule has 0 radical (unpaired) electrons. The van der Waals surface area contributed by atoms with Crippen LogP contribution in [0.15, 0.2) is 33.3 Å². The van der Waals surface area contributed by atoms with Gasteiger partial charge in [0.1, 0.15) is 5.92 Å². The van der Waals surface area contributed by atoms with E-state index >= 15 is 0 Å². The number of carbonyl (C=O) groups excluding carboxylic acids is 1. The van der Waals surface area contributed by atoms with E-state index < -0.39 is 41.4 Å². The summed E-state index contributed by atoms with van der Waals surface area (Å²) in [6.07, 6.45) is 3.84. The summed E-state index contributed by atoms with van der Waals surface area (Å²) in [5.74, 6) is -8.29. The lowest BCUT2D eigenvalue weighted by Gasteiger charge is -2.53. The molecule has 1 unspecified atom stereocenters. The van der Waals surface area contributed by atoms with Gasteiger partial charge in [0.25, 0.3) is 11.8 Å². The van der Waals surface area contributed by atoms with Crippen LogP contribution < -0.4 is 4.90 Å². The van der Waals surface area contributed by atoms with Crippen molar-refractivity contribution in [2.24, 2.45) is 11.3 Å². The average molecular weight is 530 g/mol. The minimum Gasteiger partial charge on any atom is -0.333 e. The lowest BCUT2D eigenvalue weighted by Crippen LogP contribution is -2.51. The van der Waals surface area contributed by atoms with Crippen molar-refractivity contribution in [1.82, 2.24) is 10.1 Å². The van der Waals surface area contributed by atoms with E-state index in [1.807, 2.05) is 6.07 Å². The molecule has 0 N–H and O–H groups in total. The van der Waals surface area contributed by atoms with E-state index in [-0.39, 0.29) is 5.41 Å². The molecule has 0 saturated heterocycles. The van der Waals surface area contributed by atoms with Gasteiger partial charge in [0, 0.05) is 35.5 Å². The molecule has 1 amide bonds. The highest BCUT2D eigenvalue weighted by Crippen LogP contribution is 2.58. The molecule has 2 aromatic rings. The van der Waals surface area contributed by atoms with E-state index in [1.54, 1.807) is 18.2 Å². The van der Waals surface area contributed by atoms with Crippen LogP contribution in [0.25, 0.3) is 0 Å². The number of hydrogen-bond acceptors (Lipinski definition) is 4. The largest absolute Gasteiger partial charge is 0.333 e. The summed E-state index contributed by atoms with van der Waals surface area (Å²) < 4.78 is 60.3. The molecule has 0 aliphatic heterocycles. The molecule has 4 saturated carbocycles. The average Bonchev–Trinajstić information content (AvgIpc) is 3.16. The van der Waals surface area contributed by atoms with Gasteiger partial charge < -0.3 is 9.42 Å². The fourth-order valence-corrected chi connectivity index (χ4v) is 5.79. The van der Waals surface area contributed by atoms with Crippen LogP contribution in [0.2, 0.25) is 0 Å². The Morgan fingerprint density at radius 1 is 1.21 bits per heavy atom. The first-order valence-corrected chi connectivity index (χ1v) is 11.9. The van der Waals surface area contributed by atoms with Crippen molar-refractivity contribution < 1.29 is 26.9 Å². The summed E-state index contributed by atoms with van der Waals surface area (Å²) in [5.41, 5.74) is -0.0320. The number of carbonyl (C=O) groups is 1. The summed E-state index contributed by atoms with van der Waals surface area (Å²) in [6, 6.07) is 7.15. The third kappa shape index (κ3) is 4.08. The summed E-state index contributed by atoms with van der Waals surface area (Å²) in [7, 11) is 0. The molecule has 1 aromatic carbocycles. The van der Waals surface area contributed by atoms with Crippen molar-refractivity contribution in [1.29, 1.82) is 0 Å². The second kappa shape index (κ2) is 7.52. The van der Waals surface area contributed by atoms with Crippen molar-refractivity contribution in [2.45, 2.75) is 69.1 Å². The van der Waals surface area contributed by atoms with Crippen LogP contribution >= 0.6 is 15.9 Å². The van der Waals surface area contributed by atoms with Gasteiger partial charge in [-0.2, -0.15) is 13.8 Å². The Morgan fingerprint density at radius 3 is 2.36 bits per heavy atom. The van der Waals surface area contributed by atoms with Crippen LogP contribution in [-0.2, 0) is 16.1 Å². The summed E-state index contributed by atoms with van der Waals surface area (Å²) in [6.45, 7) is 1.08. The monoisotopic (exact) mass is 529 g/mol. The number of aromatic nitrogens is 2. The topological polar surface area (TPSA) is 59.2 Å². The molecule has 33 heavy (non-hydrogen) atoms. The highest BCUT2D eigenvalue weighted by molar-refractivity contribution is 9.10. The van der Waals surface area contributed by atoms with Crippen molar-refractivity contribution in [2.75, 3.05) is 11.4 Å². The second-order valence-electron chi connectivity index (χ2n) is 10.0. The van der Waals surface area contributed by atoms with E-state index in [4.69, 9.17) is 4.52 Å². The van der Waals surface area contributed by atoms with Gasteiger partial charge >= 0.3 is 5.92 Å². The maximum atomic E-state index is 13.8. The standard InChI is InChI=1S/C23H24BrF4N3O2/c1-20(25,26)19-29-18(30-33-19)22-8-5-21(6-9-22,7-10-22)13-31(15-4-2-3-14(24)11-15)17(32)16-12-23(16,27)28/h2-4,11,16H,5-10,12-13H2,1H3. The maximum Gasteiger partial charge on any atom is 0.322 e.